The maximum atomic E-state index is 12.3. The highest BCUT2D eigenvalue weighted by molar-refractivity contribution is 6.39. The Kier molecular flexibility index (Phi) is 8.51. The summed E-state index contributed by atoms with van der Waals surface area (Å²) in [4.78, 5) is 36.2. The first-order valence-electron chi connectivity index (χ1n) is 10.8. The molecule has 2 amide bonds. The Labute approximate surface area is 197 Å². The molecular formula is C26H25N3O5. The summed E-state index contributed by atoms with van der Waals surface area (Å²) < 4.78 is 10.7. The third-order valence-electron chi connectivity index (χ3n) is 4.70. The molecule has 0 spiro atoms. The monoisotopic (exact) mass is 459 g/mol. The van der Waals surface area contributed by atoms with E-state index in [4.69, 9.17) is 9.47 Å². The van der Waals surface area contributed by atoms with Crippen molar-refractivity contribution in [2.45, 2.75) is 20.3 Å². The zero-order chi connectivity index (χ0) is 24.3. The fourth-order valence-electron chi connectivity index (χ4n) is 2.87. The Hall–Kier alpha value is -4.46. The van der Waals surface area contributed by atoms with Crippen molar-refractivity contribution < 1.29 is 23.9 Å². The van der Waals surface area contributed by atoms with E-state index >= 15 is 0 Å². The van der Waals surface area contributed by atoms with Crippen LogP contribution in [0, 0.1) is 0 Å². The van der Waals surface area contributed by atoms with Crippen molar-refractivity contribution in [1.29, 1.82) is 0 Å². The SMILES string of the molecule is CCOc1ccc(C(=O)Oc2ccc(/C=N/NC(=O)C(=O)Nc3ccc(CC)cc3)cc2)cc1. The average Bonchev–Trinajstić information content (AvgIpc) is 2.86. The minimum atomic E-state index is -0.892. The molecule has 3 aromatic carbocycles. The maximum Gasteiger partial charge on any atom is 0.343 e. The maximum absolute atomic E-state index is 12.3. The van der Waals surface area contributed by atoms with E-state index < -0.39 is 17.8 Å². The molecule has 8 heteroatoms. The number of hydrogen-bond acceptors (Lipinski definition) is 6. The molecule has 0 saturated carbocycles. The molecule has 0 aliphatic rings. The topological polar surface area (TPSA) is 106 Å². The number of amides is 2. The van der Waals surface area contributed by atoms with Crippen molar-refractivity contribution in [3.05, 3.63) is 89.5 Å². The number of rotatable bonds is 8. The lowest BCUT2D eigenvalue weighted by Gasteiger charge is -2.06. The van der Waals surface area contributed by atoms with Crippen LogP contribution in [0.3, 0.4) is 0 Å². The minimum Gasteiger partial charge on any atom is -0.494 e. The lowest BCUT2D eigenvalue weighted by Crippen LogP contribution is -2.32. The lowest BCUT2D eigenvalue weighted by molar-refractivity contribution is -0.136. The number of anilines is 1. The predicted molar refractivity (Wildman–Crippen MR) is 129 cm³/mol. The summed E-state index contributed by atoms with van der Waals surface area (Å²) in [5.41, 5.74) is 4.87. The van der Waals surface area contributed by atoms with Crippen LogP contribution in [0.1, 0.15) is 35.3 Å². The van der Waals surface area contributed by atoms with Crippen molar-refractivity contribution >= 4 is 29.7 Å². The molecule has 0 atom stereocenters. The van der Waals surface area contributed by atoms with E-state index in [0.29, 0.717) is 34.9 Å². The zero-order valence-corrected chi connectivity index (χ0v) is 18.9. The molecule has 0 aromatic heterocycles. The van der Waals surface area contributed by atoms with Gasteiger partial charge in [0.25, 0.3) is 0 Å². The number of hydrogen-bond donors (Lipinski definition) is 2. The minimum absolute atomic E-state index is 0.355. The van der Waals surface area contributed by atoms with Crippen LogP contribution in [0.5, 0.6) is 11.5 Å². The van der Waals surface area contributed by atoms with Gasteiger partial charge in [-0.3, -0.25) is 9.59 Å². The highest BCUT2D eigenvalue weighted by atomic mass is 16.5. The van der Waals surface area contributed by atoms with Crippen LogP contribution < -0.4 is 20.2 Å². The largest absolute Gasteiger partial charge is 0.494 e. The quantitative estimate of drug-likeness (QED) is 0.174. The number of ether oxygens (including phenoxy) is 2. The number of hydrazone groups is 1. The Morgan fingerprint density at radius 1 is 0.824 bits per heavy atom. The number of nitrogens with zero attached hydrogens (tertiary/aromatic N) is 1. The summed E-state index contributed by atoms with van der Waals surface area (Å²) in [5, 5.41) is 6.30. The van der Waals surface area contributed by atoms with Crippen LogP contribution in [0.2, 0.25) is 0 Å². The molecule has 0 aliphatic heterocycles. The Bertz CT molecular complexity index is 1150. The molecule has 0 bridgehead atoms. The second-order valence-electron chi connectivity index (χ2n) is 7.12. The molecule has 0 saturated heterocycles. The Morgan fingerprint density at radius 3 is 2.09 bits per heavy atom. The number of nitrogens with one attached hydrogen (secondary N) is 2. The predicted octanol–water partition coefficient (Wildman–Crippen LogP) is 3.96. The van der Waals surface area contributed by atoms with Crippen LogP contribution in [-0.4, -0.2) is 30.6 Å². The highest BCUT2D eigenvalue weighted by Gasteiger charge is 2.13. The van der Waals surface area contributed by atoms with E-state index in [2.05, 4.69) is 15.8 Å². The summed E-state index contributed by atoms with van der Waals surface area (Å²) in [6.45, 7) is 4.46. The molecule has 3 aromatic rings. The number of esters is 1. The third kappa shape index (κ3) is 7.03. The van der Waals surface area contributed by atoms with Gasteiger partial charge in [-0.25, -0.2) is 10.2 Å². The van der Waals surface area contributed by atoms with Crippen LogP contribution in [0.25, 0.3) is 0 Å². The summed E-state index contributed by atoms with van der Waals surface area (Å²) in [5.74, 6) is -1.17. The smallest absolute Gasteiger partial charge is 0.343 e. The fourth-order valence-corrected chi connectivity index (χ4v) is 2.87. The zero-order valence-electron chi connectivity index (χ0n) is 18.9. The average molecular weight is 460 g/mol. The second kappa shape index (κ2) is 12.0. The van der Waals surface area contributed by atoms with Crippen molar-refractivity contribution in [3.8, 4) is 11.5 Å². The molecule has 2 N–H and O–H groups in total. The van der Waals surface area contributed by atoms with Crippen LogP contribution in [0.4, 0.5) is 5.69 Å². The lowest BCUT2D eigenvalue weighted by atomic mass is 10.1. The summed E-state index contributed by atoms with van der Waals surface area (Å²) in [6, 6.07) is 20.4. The number of carbonyl (C=O) groups excluding carboxylic acids is 3. The molecule has 34 heavy (non-hydrogen) atoms. The van der Waals surface area contributed by atoms with Gasteiger partial charge in [-0.05, 0) is 85.1 Å². The van der Waals surface area contributed by atoms with Crippen molar-refractivity contribution in [2.24, 2.45) is 5.10 Å². The molecule has 174 valence electrons. The molecule has 8 nitrogen and oxygen atoms in total. The standard InChI is InChI=1S/C26H25N3O5/c1-3-18-5-11-21(12-6-18)28-24(30)25(31)29-27-17-19-7-13-23(14-8-19)34-26(32)20-9-15-22(16-10-20)33-4-2/h5-17H,3-4H2,1-2H3,(H,28,30)(H,29,31)/b27-17+. The van der Waals surface area contributed by atoms with E-state index in [1.54, 1.807) is 60.7 Å². The molecule has 0 unspecified atom stereocenters. The van der Waals surface area contributed by atoms with Gasteiger partial charge in [-0.2, -0.15) is 5.10 Å². The first kappa shape index (κ1) is 24.2. The summed E-state index contributed by atoms with van der Waals surface area (Å²) >= 11 is 0. The van der Waals surface area contributed by atoms with Gasteiger partial charge in [-0.15, -0.1) is 0 Å². The van der Waals surface area contributed by atoms with Crippen molar-refractivity contribution in [2.75, 3.05) is 11.9 Å². The number of aryl methyl sites for hydroxylation is 1. The summed E-state index contributed by atoms with van der Waals surface area (Å²) in [7, 11) is 0. The van der Waals surface area contributed by atoms with Gasteiger partial charge < -0.3 is 14.8 Å². The van der Waals surface area contributed by atoms with E-state index in [1.807, 2.05) is 26.0 Å². The summed E-state index contributed by atoms with van der Waals surface area (Å²) in [6.07, 6.45) is 2.26. The van der Waals surface area contributed by atoms with Crippen molar-refractivity contribution in [1.82, 2.24) is 5.43 Å². The Morgan fingerprint density at radius 2 is 1.47 bits per heavy atom. The number of carbonyl (C=O) groups is 3. The van der Waals surface area contributed by atoms with E-state index in [0.717, 1.165) is 12.0 Å². The molecular weight excluding hydrogens is 434 g/mol. The third-order valence-corrected chi connectivity index (χ3v) is 4.70. The van der Waals surface area contributed by atoms with Gasteiger partial charge in [0.05, 0.1) is 18.4 Å². The fraction of sp³-hybridized carbons (Fsp3) is 0.154. The van der Waals surface area contributed by atoms with Crippen LogP contribution >= 0.6 is 0 Å². The first-order chi connectivity index (χ1) is 16.5. The molecule has 0 radical (unpaired) electrons. The van der Waals surface area contributed by atoms with Gasteiger partial charge in [-0.1, -0.05) is 19.1 Å². The van der Waals surface area contributed by atoms with E-state index in [1.165, 1.54) is 6.21 Å². The highest BCUT2D eigenvalue weighted by Crippen LogP contribution is 2.16. The van der Waals surface area contributed by atoms with Gasteiger partial charge in [0.15, 0.2) is 0 Å². The van der Waals surface area contributed by atoms with Crippen LogP contribution in [-0.2, 0) is 16.0 Å². The van der Waals surface area contributed by atoms with E-state index in [-0.39, 0.29) is 0 Å². The molecule has 0 fully saturated rings. The molecule has 0 heterocycles. The normalized spacial score (nSPS) is 10.5. The van der Waals surface area contributed by atoms with Crippen LogP contribution in [0.15, 0.2) is 77.9 Å². The number of benzene rings is 3. The molecule has 0 aliphatic carbocycles. The molecule has 3 rings (SSSR count). The van der Waals surface area contributed by atoms with Gasteiger partial charge >= 0.3 is 17.8 Å². The van der Waals surface area contributed by atoms with Gasteiger partial charge in [0.1, 0.15) is 11.5 Å². The second-order valence-corrected chi connectivity index (χ2v) is 7.12. The van der Waals surface area contributed by atoms with Gasteiger partial charge in [0.2, 0.25) is 0 Å². The van der Waals surface area contributed by atoms with E-state index in [9.17, 15) is 14.4 Å². The van der Waals surface area contributed by atoms with Gasteiger partial charge in [0, 0.05) is 5.69 Å². The van der Waals surface area contributed by atoms with Crippen molar-refractivity contribution in [3.63, 3.8) is 0 Å². The Balaban J connectivity index is 1.48. The first-order valence-corrected chi connectivity index (χ1v) is 10.8.